The van der Waals surface area contributed by atoms with Gasteiger partial charge < -0.3 is 19.5 Å². The number of benzene rings is 1. The molecule has 10 nitrogen and oxygen atoms in total. The number of aromatic nitrogens is 5. The van der Waals surface area contributed by atoms with Crippen LogP contribution in [0, 0.1) is 0 Å². The van der Waals surface area contributed by atoms with Gasteiger partial charge in [-0.05, 0) is 56.6 Å². The predicted octanol–water partition coefficient (Wildman–Crippen LogP) is 3.91. The highest BCUT2D eigenvalue weighted by Crippen LogP contribution is 2.34. The molecular formula is C29H37N7O3S. The summed E-state index contributed by atoms with van der Waals surface area (Å²) in [6.07, 6.45) is 8.57. The van der Waals surface area contributed by atoms with E-state index in [0.29, 0.717) is 59.4 Å². The Bertz CT molecular complexity index is 1560. The minimum Gasteiger partial charge on any atom is -0.384 e. The molecule has 3 heterocycles. The van der Waals surface area contributed by atoms with E-state index in [1.54, 1.807) is 41.8 Å². The van der Waals surface area contributed by atoms with Crippen LogP contribution in [0.1, 0.15) is 37.2 Å². The summed E-state index contributed by atoms with van der Waals surface area (Å²) in [6, 6.07) is 10.3. The number of fused-ring (bicyclic) bond motifs is 1. The van der Waals surface area contributed by atoms with Gasteiger partial charge in [0, 0.05) is 50.7 Å². The van der Waals surface area contributed by atoms with E-state index in [1.165, 1.54) is 31.2 Å². The molecule has 1 atom stereocenters. The highest BCUT2D eigenvalue weighted by molar-refractivity contribution is 7.85. The second kappa shape index (κ2) is 12.4. The Morgan fingerprint density at radius 2 is 1.90 bits per heavy atom. The molecule has 11 heteroatoms. The van der Waals surface area contributed by atoms with Crippen LogP contribution in [0.4, 0.5) is 11.6 Å². The van der Waals surface area contributed by atoms with E-state index in [2.05, 4.69) is 39.6 Å². The van der Waals surface area contributed by atoms with E-state index in [4.69, 9.17) is 9.72 Å². The van der Waals surface area contributed by atoms with Crippen LogP contribution in [0.15, 0.2) is 52.5 Å². The molecule has 1 fully saturated rings. The third kappa shape index (κ3) is 6.16. The lowest BCUT2D eigenvalue weighted by Gasteiger charge is -2.16. The largest absolute Gasteiger partial charge is 0.384 e. The number of pyridine rings is 1. The van der Waals surface area contributed by atoms with E-state index < -0.39 is 10.8 Å². The van der Waals surface area contributed by atoms with Crippen LogP contribution >= 0.6 is 0 Å². The lowest BCUT2D eigenvalue weighted by Crippen LogP contribution is -2.29. The number of hydrogen-bond acceptors (Lipinski definition) is 8. The SMILES string of the molecule is COCCS(=O)c1cn(C)c(-c2cc3cnc(Nc4ccc(C5CCCC5)cc4)nc3n(CCN(C)C)c2=O)n1. The third-order valence-corrected chi connectivity index (χ3v) is 8.59. The van der Waals surface area contributed by atoms with E-state index >= 15 is 0 Å². The minimum absolute atomic E-state index is 0.206. The Kier molecular flexibility index (Phi) is 8.72. The summed E-state index contributed by atoms with van der Waals surface area (Å²) in [5.74, 6) is 1.88. The number of rotatable bonds is 11. The van der Waals surface area contributed by atoms with Crippen molar-refractivity contribution in [2.24, 2.45) is 7.05 Å². The van der Waals surface area contributed by atoms with Gasteiger partial charge in [-0.25, -0.2) is 9.97 Å². The van der Waals surface area contributed by atoms with Crippen molar-refractivity contribution in [2.45, 2.75) is 43.2 Å². The molecule has 0 aliphatic heterocycles. The lowest BCUT2D eigenvalue weighted by atomic mass is 9.98. The summed E-state index contributed by atoms with van der Waals surface area (Å²) in [5.41, 5.74) is 3.04. The van der Waals surface area contributed by atoms with Crippen LogP contribution in [0.25, 0.3) is 22.4 Å². The predicted molar refractivity (Wildman–Crippen MR) is 159 cm³/mol. The van der Waals surface area contributed by atoms with E-state index in [-0.39, 0.29) is 5.56 Å². The molecule has 40 heavy (non-hydrogen) atoms. The number of methoxy groups -OCH3 is 1. The number of imidazole rings is 1. The van der Waals surface area contributed by atoms with Crippen molar-refractivity contribution < 1.29 is 8.95 Å². The standard InChI is InChI=1S/C29H37N7O3S/c1-34(2)13-14-36-26-22(17-24(28(36)37)27-32-25(19-35(27)3)40(38)16-15-39-4)18-30-29(33-26)31-23-11-9-21(10-12-23)20-7-5-6-8-20/h9-12,17-20H,5-8,13-16H2,1-4H3,(H,30,31,33). The van der Waals surface area contributed by atoms with Crippen molar-refractivity contribution in [1.29, 1.82) is 0 Å². The molecule has 0 radical (unpaired) electrons. The third-order valence-electron chi connectivity index (χ3n) is 7.39. The van der Waals surface area contributed by atoms with E-state index in [1.807, 2.05) is 19.0 Å². The van der Waals surface area contributed by atoms with Crippen molar-refractivity contribution in [2.75, 3.05) is 45.4 Å². The number of anilines is 2. The first kappa shape index (κ1) is 28.1. The van der Waals surface area contributed by atoms with Gasteiger partial charge in [-0.15, -0.1) is 0 Å². The molecule has 1 unspecified atom stereocenters. The summed E-state index contributed by atoms with van der Waals surface area (Å²) in [5, 5.41) is 4.45. The monoisotopic (exact) mass is 563 g/mol. The number of ether oxygens (including phenoxy) is 1. The molecular weight excluding hydrogens is 526 g/mol. The zero-order valence-corrected chi connectivity index (χ0v) is 24.4. The fraction of sp³-hybridized carbons (Fsp3) is 0.448. The Balaban J connectivity index is 1.49. The van der Waals surface area contributed by atoms with Gasteiger partial charge in [0.25, 0.3) is 5.56 Å². The van der Waals surface area contributed by atoms with Gasteiger partial charge in [-0.2, -0.15) is 4.98 Å². The zero-order chi connectivity index (χ0) is 28.2. The first-order valence-electron chi connectivity index (χ1n) is 13.7. The Labute approximate surface area is 236 Å². The van der Waals surface area contributed by atoms with Crippen LogP contribution in [-0.2, 0) is 29.1 Å². The molecule has 0 amide bonds. The average molecular weight is 564 g/mol. The fourth-order valence-corrected chi connectivity index (χ4v) is 6.17. The van der Waals surface area contributed by atoms with E-state index in [9.17, 15) is 9.00 Å². The maximum atomic E-state index is 13.8. The first-order chi connectivity index (χ1) is 19.3. The number of likely N-dealkylation sites (N-methyl/N-ethyl adjacent to an activating group) is 1. The number of nitrogens with one attached hydrogen (secondary N) is 1. The second-order valence-electron chi connectivity index (χ2n) is 10.6. The molecule has 4 aromatic rings. The first-order valence-corrected chi connectivity index (χ1v) is 15.0. The van der Waals surface area contributed by atoms with Crippen LogP contribution in [0.2, 0.25) is 0 Å². The van der Waals surface area contributed by atoms with Gasteiger partial charge in [-0.3, -0.25) is 13.6 Å². The summed E-state index contributed by atoms with van der Waals surface area (Å²) >= 11 is 0. The topological polar surface area (TPSA) is 107 Å². The van der Waals surface area contributed by atoms with Crippen molar-refractivity contribution in [3.05, 3.63) is 58.6 Å². The Morgan fingerprint density at radius 3 is 2.60 bits per heavy atom. The highest BCUT2D eigenvalue weighted by atomic mass is 32.2. The number of aryl methyl sites for hydroxylation is 1. The van der Waals surface area contributed by atoms with Crippen molar-refractivity contribution >= 4 is 33.5 Å². The number of hydrogen-bond donors (Lipinski definition) is 1. The molecule has 212 valence electrons. The normalized spacial score (nSPS) is 14.8. The van der Waals surface area contributed by atoms with Gasteiger partial charge in [0.15, 0.2) is 0 Å². The Morgan fingerprint density at radius 1 is 1.15 bits per heavy atom. The average Bonchev–Trinajstić information content (AvgIpc) is 3.62. The lowest BCUT2D eigenvalue weighted by molar-refractivity contribution is 0.218. The minimum atomic E-state index is -1.33. The van der Waals surface area contributed by atoms with Crippen molar-refractivity contribution in [3.8, 4) is 11.4 Å². The smallest absolute Gasteiger partial charge is 0.263 e. The second-order valence-corrected chi connectivity index (χ2v) is 12.1. The van der Waals surface area contributed by atoms with Crippen molar-refractivity contribution in [3.63, 3.8) is 0 Å². The van der Waals surface area contributed by atoms with E-state index in [0.717, 1.165) is 11.1 Å². The summed E-state index contributed by atoms with van der Waals surface area (Å²) in [7, 11) is 5.98. The zero-order valence-electron chi connectivity index (χ0n) is 23.6. The van der Waals surface area contributed by atoms with Gasteiger partial charge in [-0.1, -0.05) is 25.0 Å². The molecule has 0 saturated heterocycles. The molecule has 0 bridgehead atoms. The van der Waals surface area contributed by atoms with Gasteiger partial charge in [0.1, 0.15) is 16.5 Å². The quantitative estimate of drug-likeness (QED) is 0.293. The molecule has 0 spiro atoms. The van der Waals surface area contributed by atoms with Crippen molar-refractivity contribution in [1.82, 2.24) is 29.0 Å². The van der Waals surface area contributed by atoms with Crippen LogP contribution in [0.5, 0.6) is 0 Å². The number of nitrogens with zero attached hydrogens (tertiary/aromatic N) is 6. The van der Waals surface area contributed by atoms with Gasteiger partial charge >= 0.3 is 0 Å². The fourth-order valence-electron chi connectivity index (χ4n) is 5.18. The molecule has 1 aliphatic rings. The van der Waals surface area contributed by atoms with Crippen LogP contribution in [0.3, 0.4) is 0 Å². The molecule has 1 aromatic carbocycles. The highest BCUT2D eigenvalue weighted by Gasteiger charge is 2.20. The maximum Gasteiger partial charge on any atom is 0.263 e. The molecule has 5 rings (SSSR count). The molecule has 1 N–H and O–H groups in total. The molecule has 3 aromatic heterocycles. The molecule has 1 aliphatic carbocycles. The summed E-state index contributed by atoms with van der Waals surface area (Å²) in [6.45, 7) is 1.46. The van der Waals surface area contributed by atoms with Crippen LogP contribution in [-0.4, -0.2) is 73.3 Å². The Hall–Kier alpha value is -3.41. The molecule has 1 saturated carbocycles. The maximum absolute atomic E-state index is 13.8. The van der Waals surface area contributed by atoms with Crippen LogP contribution < -0.4 is 10.9 Å². The summed E-state index contributed by atoms with van der Waals surface area (Å²) < 4.78 is 21.1. The summed E-state index contributed by atoms with van der Waals surface area (Å²) in [4.78, 5) is 29.8. The van der Waals surface area contributed by atoms with Gasteiger partial charge in [0.2, 0.25) is 5.95 Å². The van der Waals surface area contributed by atoms with Gasteiger partial charge in [0.05, 0.1) is 28.7 Å².